The number of amides is 1. The molecular weight excluding hydrogens is 352 g/mol. The lowest BCUT2D eigenvalue weighted by molar-refractivity contribution is 0.0948. The molecule has 26 heavy (non-hydrogen) atoms. The van der Waals surface area contributed by atoms with Crippen molar-refractivity contribution in [3.05, 3.63) is 89.9 Å². The fraction of sp³-hybridized carbons (Fsp3) is 0.105. The van der Waals surface area contributed by atoms with Gasteiger partial charge in [0.2, 0.25) is 10.0 Å². The van der Waals surface area contributed by atoms with E-state index in [9.17, 15) is 13.2 Å². The third-order valence-electron chi connectivity index (χ3n) is 3.72. The van der Waals surface area contributed by atoms with Crippen LogP contribution in [0.4, 0.5) is 0 Å². The van der Waals surface area contributed by atoms with Crippen LogP contribution in [0.25, 0.3) is 0 Å². The topological polar surface area (TPSA) is 88.4 Å². The van der Waals surface area contributed by atoms with Crippen LogP contribution in [0.5, 0.6) is 0 Å². The molecule has 7 heteroatoms. The summed E-state index contributed by atoms with van der Waals surface area (Å²) in [4.78, 5) is 12.3. The molecule has 134 valence electrons. The quantitative estimate of drug-likeness (QED) is 0.669. The largest absolute Gasteiger partial charge is 0.467 e. The number of hydrogen-bond donors (Lipinski definition) is 2. The lowest BCUT2D eigenvalue weighted by Gasteiger charge is -2.09. The van der Waals surface area contributed by atoms with Crippen molar-refractivity contribution in [1.82, 2.24) is 10.0 Å². The number of carbonyl (C=O) groups excluding carboxylic acids is 1. The molecule has 0 radical (unpaired) electrons. The molecule has 1 aromatic heterocycles. The maximum Gasteiger partial charge on any atom is 0.251 e. The molecule has 2 N–H and O–H groups in total. The number of furan rings is 1. The van der Waals surface area contributed by atoms with Gasteiger partial charge in [-0.15, -0.1) is 0 Å². The average molecular weight is 370 g/mol. The smallest absolute Gasteiger partial charge is 0.251 e. The summed E-state index contributed by atoms with van der Waals surface area (Å²) in [5.41, 5.74) is 1.11. The van der Waals surface area contributed by atoms with Crippen LogP contribution in [0.1, 0.15) is 21.7 Å². The highest BCUT2D eigenvalue weighted by Gasteiger charge is 2.16. The summed E-state index contributed by atoms with van der Waals surface area (Å²) < 4.78 is 32.6. The molecule has 0 aliphatic carbocycles. The minimum atomic E-state index is -3.72. The van der Waals surface area contributed by atoms with Gasteiger partial charge >= 0.3 is 0 Å². The van der Waals surface area contributed by atoms with Gasteiger partial charge in [0.15, 0.2) is 0 Å². The minimum Gasteiger partial charge on any atom is -0.467 e. The Kier molecular flexibility index (Phi) is 5.50. The third kappa shape index (κ3) is 4.59. The molecule has 0 fully saturated rings. The van der Waals surface area contributed by atoms with Crippen molar-refractivity contribution in [2.24, 2.45) is 0 Å². The Morgan fingerprint density at radius 3 is 2.46 bits per heavy atom. The molecule has 0 unspecified atom stereocenters. The second-order valence-electron chi connectivity index (χ2n) is 5.60. The third-order valence-corrected chi connectivity index (χ3v) is 5.12. The number of benzene rings is 2. The van der Waals surface area contributed by atoms with E-state index in [1.807, 2.05) is 30.3 Å². The Bertz CT molecular complexity index is 968. The molecule has 0 spiro atoms. The second kappa shape index (κ2) is 7.99. The molecule has 1 amide bonds. The summed E-state index contributed by atoms with van der Waals surface area (Å²) in [6.07, 6.45) is 1.52. The highest BCUT2D eigenvalue weighted by Crippen LogP contribution is 2.13. The molecule has 0 saturated carbocycles. The Morgan fingerprint density at radius 2 is 1.73 bits per heavy atom. The maximum atomic E-state index is 12.5. The molecular formula is C19H18N2O4S. The zero-order chi connectivity index (χ0) is 18.4. The Balaban J connectivity index is 1.68. The van der Waals surface area contributed by atoms with Gasteiger partial charge < -0.3 is 9.73 Å². The van der Waals surface area contributed by atoms with Crippen LogP contribution in [0.15, 0.2) is 82.3 Å². The summed E-state index contributed by atoms with van der Waals surface area (Å²) in [5, 5.41) is 2.69. The van der Waals surface area contributed by atoms with E-state index in [0.717, 1.165) is 5.56 Å². The van der Waals surface area contributed by atoms with Crippen molar-refractivity contribution in [2.75, 3.05) is 0 Å². The van der Waals surface area contributed by atoms with Crippen LogP contribution in [-0.4, -0.2) is 14.3 Å². The fourth-order valence-electron chi connectivity index (χ4n) is 2.34. The predicted octanol–water partition coefficient (Wildman–Crippen LogP) is 2.69. The summed E-state index contributed by atoms with van der Waals surface area (Å²) in [6, 6.07) is 18.6. The lowest BCUT2D eigenvalue weighted by atomic mass is 10.2. The van der Waals surface area contributed by atoms with Crippen LogP contribution in [0.3, 0.4) is 0 Å². The molecule has 1 heterocycles. The van der Waals surface area contributed by atoms with Crippen molar-refractivity contribution >= 4 is 15.9 Å². The van der Waals surface area contributed by atoms with Crippen LogP contribution in [-0.2, 0) is 23.1 Å². The van der Waals surface area contributed by atoms with Crippen molar-refractivity contribution in [3.63, 3.8) is 0 Å². The normalized spacial score (nSPS) is 11.2. The Hall–Kier alpha value is -2.90. The van der Waals surface area contributed by atoms with Gasteiger partial charge in [-0.3, -0.25) is 4.79 Å². The molecule has 3 rings (SSSR count). The lowest BCUT2D eigenvalue weighted by Crippen LogP contribution is -2.25. The maximum absolute atomic E-state index is 12.5. The van der Waals surface area contributed by atoms with Gasteiger partial charge in [0.05, 0.1) is 17.7 Å². The summed E-state index contributed by atoms with van der Waals surface area (Å²) in [7, 11) is -3.72. The molecule has 0 aliphatic rings. The van der Waals surface area contributed by atoms with Crippen LogP contribution >= 0.6 is 0 Å². The van der Waals surface area contributed by atoms with Gasteiger partial charge in [0.1, 0.15) is 5.76 Å². The predicted molar refractivity (Wildman–Crippen MR) is 96.8 cm³/mol. The first-order valence-electron chi connectivity index (χ1n) is 7.99. The van der Waals surface area contributed by atoms with Crippen LogP contribution in [0, 0.1) is 0 Å². The zero-order valence-electron chi connectivity index (χ0n) is 13.9. The fourth-order valence-corrected chi connectivity index (χ4v) is 3.41. The van der Waals surface area contributed by atoms with Crippen LogP contribution in [0.2, 0.25) is 0 Å². The molecule has 0 aliphatic heterocycles. The number of hydrogen-bond acceptors (Lipinski definition) is 4. The summed E-state index contributed by atoms with van der Waals surface area (Å²) in [6.45, 7) is 0.410. The number of sulfonamides is 1. The van der Waals surface area contributed by atoms with Crippen molar-refractivity contribution in [3.8, 4) is 0 Å². The van der Waals surface area contributed by atoms with E-state index < -0.39 is 10.0 Å². The van der Waals surface area contributed by atoms with Gasteiger partial charge in [0.25, 0.3) is 5.91 Å². The second-order valence-corrected chi connectivity index (χ2v) is 7.37. The van der Waals surface area contributed by atoms with E-state index >= 15 is 0 Å². The SMILES string of the molecule is O=C(NCc1ccco1)c1cccc(S(=O)(=O)NCc2ccccc2)c1. The first-order valence-corrected chi connectivity index (χ1v) is 9.47. The van der Waals surface area contributed by atoms with Crippen molar-refractivity contribution in [1.29, 1.82) is 0 Å². The number of rotatable bonds is 7. The first-order chi connectivity index (χ1) is 12.5. The van der Waals surface area contributed by atoms with E-state index in [0.29, 0.717) is 5.76 Å². The molecule has 0 bridgehead atoms. The molecule has 0 saturated heterocycles. The summed E-state index contributed by atoms with van der Waals surface area (Å²) >= 11 is 0. The van der Waals surface area contributed by atoms with E-state index in [1.165, 1.54) is 18.4 Å². The standard InChI is InChI=1S/C19H18N2O4S/c22-19(20-14-17-9-5-11-25-17)16-8-4-10-18(12-16)26(23,24)21-13-15-6-2-1-3-7-15/h1-12,21H,13-14H2,(H,20,22). The number of nitrogens with one attached hydrogen (secondary N) is 2. The van der Waals surface area contributed by atoms with Crippen molar-refractivity contribution in [2.45, 2.75) is 18.0 Å². The van der Waals surface area contributed by atoms with E-state index in [1.54, 1.807) is 24.3 Å². The van der Waals surface area contributed by atoms with E-state index in [2.05, 4.69) is 10.0 Å². The zero-order valence-corrected chi connectivity index (χ0v) is 14.7. The molecule has 6 nitrogen and oxygen atoms in total. The summed E-state index contributed by atoms with van der Waals surface area (Å²) in [5.74, 6) is 0.244. The Labute approximate surface area is 151 Å². The van der Waals surface area contributed by atoms with E-state index in [-0.39, 0.29) is 29.5 Å². The minimum absolute atomic E-state index is 0.0408. The molecule has 3 aromatic rings. The monoisotopic (exact) mass is 370 g/mol. The number of carbonyl (C=O) groups is 1. The van der Waals surface area contributed by atoms with Crippen molar-refractivity contribution < 1.29 is 17.6 Å². The van der Waals surface area contributed by atoms with Gasteiger partial charge in [-0.05, 0) is 35.9 Å². The Morgan fingerprint density at radius 1 is 0.923 bits per heavy atom. The molecule has 2 aromatic carbocycles. The van der Waals surface area contributed by atoms with Gasteiger partial charge in [-0.25, -0.2) is 13.1 Å². The van der Waals surface area contributed by atoms with Gasteiger partial charge in [-0.2, -0.15) is 0 Å². The van der Waals surface area contributed by atoms with Gasteiger partial charge in [0, 0.05) is 12.1 Å². The van der Waals surface area contributed by atoms with Crippen LogP contribution < -0.4 is 10.0 Å². The highest BCUT2D eigenvalue weighted by molar-refractivity contribution is 7.89. The first kappa shape index (κ1) is 17.9. The molecule has 0 atom stereocenters. The highest BCUT2D eigenvalue weighted by atomic mass is 32.2. The average Bonchev–Trinajstić information content (AvgIpc) is 3.19. The van der Waals surface area contributed by atoms with E-state index in [4.69, 9.17) is 4.42 Å². The van der Waals surface area contributed by atoms with Gasteiger partial charge in [-0.1, -0.05) is 36.4 Å².